The van der Waals surface area contributed by atoms with Crippen LogP contribution in [0.25, 0.3) is 0 Å². The van der Waals surface area contributed by atoms with E-state index in [1.54, 1.807) is 6.07 Å². The molecule has 0 aliphatic rings. The highest BCUT2D eigenvalue weighted by atomic mass is 79.9. The van der Waals surface area contributed by atoms with Crippen molar-refractivity contribution in [3.05, 3.63) is 100 Å². The zero-order valence-electron chi connectivity index (χ0n) is 21.3. The third-order valence-corrected chi connectivity index (χ3v) is 7.77. The van der Waals surface area contributed by atoms with Gasteiger partial charge in [-0.25, -0.2) is 12.8 Å². The van der Waals surface area contributed by atoms with Gasteiger partial charge in [0.2, 0.25) is 21.8 Å². The lowest BCUT2D eigenvalue weighted by atomic mass is 10.0. The van der Waals surface area contributed by atoms with Crippen LogP contribution < -0.4 is 9.62 Å². The van der Waals surface area contributed by atoms with Crippen molar-refractivity contribution in [2.24, 2.45) is 0 Å². The second kappa shape index (κ2) is 13.5. The molecule has 0 spiro atoms. The summed E-state index contributed by atoms with van der Waals surface area (Å²) < 4.78 is 41.0. The smallest absolute Gasteiger partial charge is 0.242 e. The minimum Gasteiger partial charge on any atom is -0.357 e. The monoisotopic (exact) mass is 603 g/mol. The highest BCUT2D eigenvalue weighted by Crippen LogP contribution is 2.23. The summed E-state index contributed by atoms with van der Waals surface area (Å²) in [4.78, 5) is 28.1. The number of rotatable bonds is 12. The first-order valence-corrected chi connectivity index (χ1v) is 14.8. The van der Waals surface area contributed by atoms with E-state index in [4.69, 9.17) is 0 Å². The zero-order chi connectivity index (χ0) is 27.7. The molecular formula is C28H31BrFN3O4S. The molecule has 0 aromatic heterocycles. The first-order valence-electron chi connectivity index (χ1n) is 12.1. The SMILES string of the molecule is CNC(=O)[C@@H](Cc1ccccc1)N(Cc1ccc(Br)cc1)C(=O)CCCN(c1ccccc1F)S(C)(=O)=O. The summed E-state index contributed by atoms with van der Waals surface area (Å²) in [6.45, 7) is 0.112. The van der Waals surface area contributed by atoms with E-state index < -0.39 is 21.9 Å². The summed E-state index contributed by atoms with van der Waals surface area (Å²) in [5, 5.41) is 2.67. The number of anilines is 1. The van der Waals surface area contributed by atoms with Crippen molar-refractivity contribution in [3.8, 4) is 0 Å². The lowest BCUT2D eigenvalue weighted by Crippen LogP contribution is -2.49. The molecule has 10 heteroatoms. The Morgan fingerprint density at radius 1 is 0.947 bits per heavy atom. The van der Waals surface area contributed by atoms with Crippen LogP contribution in [0.2, 0.25) is 0 Å². The van der Waals surface area contributed by atoms with E-state index in [0.717, 1.165) is 26.2 Å². The van der Waals surface area contributed by atoms with Gasteiger partial charge in [-0.3, -0.25) is 13.9 Å². The van der Waals surface area contributed by atoms with Gasteiger partial charge in [-0.2, -0.15) is 0 Å². The number of hydrogen-bond donors (Lipinski definition) is 1. The molecule has 1 atom stereocenters. The zero-order valence-corrected chi connectivity index (χ0v) is 23.7. The second-order valence-electron chi connectivity index (χ2n) is 8.86. The van der Waals surface area contributed by atoms with Crippen molar-refractivity contribution in [3.63, 3.8) is 0 Å². The molecule has 3 aromatic rings. The van der Waals surface area contributed by atoms with E-state index in [-0.39, 0.29) is 43.4 Å². The molecule has 0 saturated carbocycles. The Kier molecular flexibility index (Phi) is 10.4. The van der Waals surface area contributed by atoms with Crippen molar-refractivity contribution in [1.82, 2.24) is 10.2 Å². The molecule has 2 amide bonds. The van der Waals surface area contributed by atoms with Gasteiger partial charge in [0, 0.05) is 37.5 Å². The number of benzene rings is 3. The number of nitrogens with zero attached hydrogens (tertiary/aromatic N) is 2. The quantitative estimate of drug-likeness (QED) is 0.330. The van der Waals surface area contributed by atoms with Gasteiger partial charge in [-0.05, 0) is 41.8 Å². The van der Waals surface area contributed by atoms with Crippen LogP contribution in [0.15, 0.2) is 83.3 Å². The largest absolute Gasteiger partial charge is 0.357 e. The highest BCUT2D eigenvalue weighted by Gasteiger charge is 2.30. The standard InChI is InChI=1S/C28H31BrFN3O4S/c1-31-28(35)26(19-21-9-4-3-5-10-21)32(20-22-14-16-23(29)17-15-22)27(34)13-8-18-33(38(2,36)37)25-12-7-6-11-24(25)30/h3-7,9-12,14-17,26H,8,13,18-20H2,1-2H3,(H,31,35)/t26-/m1/s1. The van der Waals surface area contributed by atoms with Crippen molar-refractivity contribution >= 4 is 43.5 Å². The first kappa shape index (κ1) is 29.3. The number of nitrogens with one attached hydrogen (secondary N) is 1. The molecule has 1 N–H and O–H groups in total. The fraction of sp³-hybridized carbons (Fsp3) is 0.286. The van der Waals surface area contributed by atoms with Crippen LogP contribution in [0.1, 0.15) is 24.0 Å². The molecule has 3 rings (SSSR count). The van der Waals surface area contributed by atoms with Crippen LogP contribution in [0.4, 0.5) is 10.1 Å². The number of amides is 2. The Morgan fingerprint density at radius 3 is 2.18 bits per heavy atom. The normalized spacial score (nSPS) is 12.0. The summed E-state index contributed by atoms with van der Waals surface area (Å²) in [7, 11) is -2.26. The Balaban J connectivity index is 1.84. The van der Waals surface area contributed by atoms with Gasteiger partial charge in [0.25, 0.3) is 0 Å². The molecule has 0 radical (unpaired) electrons. The molecule has 3 aromatic carbocycles. The Labute approximate surface area is 231 Å². The molecule has 0 aliphatic carbocycles. The fourth-order valence-electron chi connectivity index (χ4n) is 4.14. The summed E-state index contributed by atoms with van der Waals surface area (Å²) in [6.07, 6.45) is 1.43. The molecule has 202 valence electrons. The highest BCUT2D eigenvalue weighted by molar-refractivity contribution is 9.10. The van der Waals surface area contributed by atoms with Crippen LogP contribution in [0.5, 0.6) is 0 Å². The van der Waals surface area contributed by atoms with E-state index in [2.05, 4.69) is 21.2 Å². The molecule has 0 aliphatic heterocycles. The Hall–Kier alpha value is -3.24. The van der Waals surface area contributed by atoms with Gasteiger partial charge >= 0.3 is 0 Å². The number of halogens is 2. The molecule has 0 heterocycles. The third-order valence-electron chi connectivity index (χ3n) is 6.06. The topological polar surface area (TPSA) is 86.8 Å². The number of hydrogen-bond acceptors (Lipinski definition) is 4. The molecule has 0 unspecified atom stereocenters. The van der Waals surface area contributed by atoms with E-state index in [0.29, 0.717) is 6.42 Å². The van der Waals surface area contributed by atoms with E-state index in [1.807, 2.05) is 54.6 Å². The molecular weight excluding hydrogens is 573 g/mol. The van der Waals surface area contributed by atoms with E-state index in [9.17, 15) is 22.4 Å². The average Bonchev–Trinajstić information content (AvgIpc) is 2.89. The van der Waals surface area contributed by atoms with Crippen LogP contribution in [0, 0.1) is 5.82 Å². The molecule has 0 bridgehead atoms. The van der Waals surface area contributed by atoms with Gasteiger partial charge < -0.3 is 10.2 Å². The minimum absolute atomic E-state index is 0.0285. The van der Waals surface area contributed by atoms with Gasteiger partial charge in [-0.15, -0.1) is 0 Å². The van der Waals surface area contributed by atoms with Crippen molar-refractivity contribution in [2.45, 2.75) is 31.8 Å². The predicted molar refractivity (Wildman–Crippen MR) is 151 cm³/mol. The van der Waals surface area contributed by atoms with Crippen LogP contribution in [-0.4, -0.2) is 51.0 Å². The summed E-state index contributed by atoms with van der Waals surface area (Å²) in [5.41, 5.74) is 1.67. The maximum Gasteiger partial charge on any atom is 0.242 e. The van der Waals surface area contributed by atoms with Crippen LogP contribution in [0.3, 0.4) is 0 Å². The molecule has 0 fully saturated rings. The Bertz CT molecular complexity index is 1340. The first-order chi connectivity index (χ1) is 18.1. The fourth-order valence-corrected chi connectivity index (χ4v) is 5.37. The van der Waals surface area contributed by atoms with E-state index >= 15 is 0 Å². The predicted octanol–water partition coefficient (Wildman–Crippen LogP) is 4.52. The number of carbonyl (C=O) groups is 2. The molecule has 7 nitrogen and oxygen atoms in total. The lowest BCUT2D eigenvalue weighted by molar-refractivity contribution is -0.141. The van der Waals surface area contributed by atoms with Crippen molar-refractivity contribution in [1.29, 1.82) is 0 Å². The van der Waals surface area contributed by atoms with Gasteiger partial charge in [0.1, 0.15) is 11.9 Å². The summed E-state index contributed by atoms with van der Waals surface area (Å²) in [6, 6.07) is 21.7. The summed E-state index contributed by atoms with van der Waals surface area (Å²) >= 11 is 3.41. The van der Waals surface area contributed by atoms with Crippen molar-refractivity contribution < 1.29 is 22.4 Å². The Morgan fingerprint density at radius 2 is 1.58 bits per heavy atom. The number of likely N-dealkylation sites (N-methyl/N-ethyl adjacent to an activating group) is 1. The van der Waals surface area contributed by atoms with Gasteiger partial charge in [-0.1, -0.05) is 70.5 Å². The lowest BCUT2D eigenvalue weighted by Gasteiger charge is -2.31. The third kappa shape index (κ3) is 8.13. The van der Waals surface area contributed by atoms with Crippen LogP contribution >= 0.6 is 15.9 Å². The minimum atomic E-state index is -3.79. The average molecular weight is 605 g/mol. The number of sulfonamides is 1. The molecule has 38 heavy (non-hydrogen) atoms. The second-order valence-corrected chi connectivity index (χ2v) is 11.7. The van der Waals surface area contributed by atoms with E-state index in [1.165, 1.54) is 30.1 Å². The van der Waals surface area contributed by atoms with Crippen molar-refractivity contribution in [2.75, 3.05) is 24.2 Å². The molecule has 0 saturated heterocycles. The number of carbonyl (C=O) groups excluding carboxylic acids is 2. The maximum atomic E-state index is 14.4. The summed E-state index contributed by atoms with van der Waals surface area (Å²) in [5.74, 6) is -1.27. The maximum absolute atomic E-state index is 14.4. The number of para-hydroxylation sites is 1. The van der Waals surface area contributed by atoms with Gasteiger partial charge in [0.15, 0.2) is 0 Å². The van der Waals surface area contributed by atoms with Gasteiger partial charge in [0.05, 0.1) is 11.9 Å². The van der Waals surface area contributed by atoms with Crippen LogP contribution in [-0.2, 0) is 32.6 Å².